The van der Waals surface area contributed by atoms with Crippen LogP contribution in [0.5, 0.6) is 0 Å². The summed E-state index contributed by atoms with van der Waals surface area (Å²) in [5, 5.41) is 11.1. The Hall–Kier alpha value is -2.02. The van der Waals surface area contributed by atoms with Crippen molar-refractivity contribution in [3.05, 3.63) is 30.1 Å². The smallest absolute Gasteiger partial charge is 0.251 e. The van der Waals surface area contributed by atoms with Gasteiger partial charge in [-0.2, -0.15) is 0 Å². The number of nitrogens with two attached hydrogens (primary N) is 1. The number of hydrogen-bond acceptors (Lipinski definition) is 5. The Morgan fingerprint density at radius 3 is 2.89 bits per heavy atom. The molecule has 1 aromatic heterocycles. The maximum Gasteiger partial charge on any atom is 0.251 e. The van der Waals surface area contributed by atoms with E-state index >= 15 is 0 Å². The average Bonchev–Trinajstić information content (AvgIpc) is 2.77. The second-order valence-electron chi connectivity index (χ2n) is 3.66. The van der Waals surface area contributed by atoms with Gasteiger partial charge >= 0.3 is 0 Å². The van der Waals surface area contributed by atoms with Crippen LogP contribution in [0.1, 0.15) is 10.4 Å². The molecule has 7 heteroatoms. The second-order valence-corrected chi connectivity index (χ2v) is 4.67. The highest BCUT2D eigenvalue weighted by molar-refractivity contribution is 7.99. The van der Waals surface area contributed by atoms with E-state index in [-0.39, 0.29) is 5.91 Å². The van der Waals surface area contributed by atoms with Crippen molar-refractivity contribution in [2.45, 2.75) is 10.1 Å². The number of aromatic nitrogens is 3. The van der Waals surface area contributed by atoms with E-state index in [1.54, 1.807) is 36.1 Å². The molecule has 0 fully saturated rings. The summed E-state index contributed by atoms with van der Waals surface area (Å²) in [6.07, 6.45) is 1.61. The van der Waals surface area contributed by atoms with Gasteiger partial charge in [-0.25, -0.2) is 0 Å². The minimum absolute atomic E-state index is 0.144. The standard InChI is InChI=1S/C11H13N5OS/c1-13-10(17)7-3-4-8(12)9(5-7)18-11-15-14-6-16(11)2/h3-6H,12H2,1-2H3,(H,13,17). The molecule has 6 nitrogen and oxygen atoms in total. The first-order chi connectivity index (χ1) is 8.61. The second kappa shape index (κ2) is 5.09. The molecule has 0 spiro atoms. The fourth-order valence-electron chi connectivity index (χ4n) is 1.37. The minimum atomic E-state index is -0.144. The molecule has 0 radical (unpaired) electrons. The molecule has 0 saturated carbocycles. The summed E-state index contributed by atoms with van der Waals surface area (Å²) in [4.78, 5) is 12.3. The molecule has 1 aromatic carbocycles. The van der Waals surface area contributed by atoms with Crippen molar-refractivity contribution in [3.8, 4) is 0 Å². The highest BCUT2D eigenvalue weighted by Crippen LogP contribution is 2.31. The first-order valence-electron chi connectivity index (χ1n) is 5.25. The van der Waals surface area contributed by atoms with Crippen LogP contribution >= 0.6 is 11.8 Å². The van der Waals surface area contributed by atoms with Crippen LogP contribution in [0.2, 0.25) is 0 Å². The molecule has 0 atom stereocenters. The van der Waals surface area contributed by atoms with Gasteiger partial charge in [0.1, 0.15) is 6.33 Å². The van der Waals surface area contributed by atoms with Gasteiger partial charge in [0, 0.05) is 30.2 Å². The summed E-state index contributed by atoms with van der Waals surface area (Å²) < 4.78 is 1.79. The Morgan fingerprint density at radius 2 is 2.28 bits per heavy atom. The van der Waals surface area contributed by atoms with Crippen molar-refractivity contribution < 1.29 is 4.79 Å². The van der Waals surface area contributed by atoms with Gasteiger partial charge in [0.25, 0.3) is 5.91 Å². The maximum atomic E-state index is 11.6. The van der Waals surface area contributed by atoms with Crippen LogP contribution in [-0.2, 0) is 7.05 Å². The number of amides is 1. The van der Waals surface area contributed by atoms with Gasteiger partial charge in [0.2, 0.25) is 0 Å². The fraction of sp³-hybridized carbons (Fsp3) is 0.182. The molecule has 0 unspecified atom stereocenters. The van der Waals surface area contributed by atoms with Gasteiger partial charge in [-0.15, -0.1) is 10.2 Å². The van der Waals surface area contributed by atoms with Crippen LogP contribution in [0.4, 0.5) is 5.69 Å². The maximum absolute atomic E-state index is 11.6. The topological polar surface area (TPSA) is 85.8 Å². The van der Waals surface area contributed by atoms with Gasteiger partial charge in [0.05, 0.1) is 0 Å². The summed E-state index contributed by atoms with van der Waals surface area (Å²) in [6, 6.07) is 5.14. The molecular weight excluding hydrogens is 250 g/mol. The Balaban J connectivity index is 2.32. The Morgan fingerprint density at radius 1 is 1.50 bits per heavy atom. The molecular formula is C11H13N5OS. The third-order valence-corrected chi connectivity index (χ3v) is 3.50. The van der Waals surface area contributed by atoms with Crippen LogP contribution < -0.4 is 11.1 Å². The molecule has 94 valence electrons. The lowest BCUT2D eigenvalue weighted by Gasteiger charge is -2.07. The van der Waals surface area contributed by atoms with E-state index in [1.165, 1.54) is 11.8 Å². The molecule has 1 heterocycles. The zero-order valence-electron chi connectivity index (χ0n) is 10.0. The van der Waals surface area contributed by atoms with Crippen molar-refractivity contribution in [1.82, 2.24) is 20.1 Å². The van der Waals surface area contributed by atoms with E-state index < -0.39 is 0 Å². The lowest BCUT2D eigenvalue weighted by molar-refractivity contribution is 0.0963. The van der Waals surface area contributed by atoms with Crippen LogP contribution in [-0.4, -0.2) is 27.7 Å². The molecule has 0 aliphatic carbocycles. The van der Waals surface area contributed by atoms with Gasteiger partial charge in [-0.1, -0.05) is 0 Å². The molecule has 0 aliphatic rings. The van der Waals surface area contributed by atoms with Crippen molar-refractivity contribution in [1.29, 1.82) is 0 Å². The van der Waals surface area contributed by atoms with Crippen molar-refractivity contribution >= 4 is 23.4 Å². The summed E-state index contributed by atoms with van der Waals surface area (Å²) >= 11 is 1.37. The van der Waals surface area contributed by atoms with E-state index in [4.69, 9.17) is 5.73 Å². The number of hydrogen-bond donors (Lipinski definition) is 2. The molecule has 1 amide bonds. The normalized spacial score (nSPS) is 10.3. The highest BCUT2D eigenvalue weighted by Gasteiger charge is 2.10. The number of nitrogen functional groups attached to an aromatic ring is 1. The third kappa shape index (κ3) is 2.45. The van der Waals surface area contributed by atoms with Crippen LogP contribution in [0.3, 0.4) is 0 Å². The Kier molecular flexibility index (Phi) is 3.52. The van der Waals surface area contributed by atoms with E-state index in [1.807, 2.05) is 7.05 Å². The van der Waals surface area contributed by atoms with Crippen LogP contribution in [0.25, 0.3) is 0 Å². The van der Waals surface area contributed by atoms with Gasteiger partial charge in [-0.05, 0) is 30.0 Å². The monoisotopic (exact) mass is 263 g/mol. The number of aryl methyl sites for hydroxylation is 1. The number of nitrogens with zero attached hydrogens (tertiary/aromatic N) is 3. The van der Waals surface area contributed by atoms with Gasteiger partial charge in [0.15, 0.2) is 5.16 Å². The summed E-state index contributed by atoms with van der Waals surface area (Å²) in [7, 11) is 3.44. The molecule has 0 bridgehead atoms. The predicted molar refractivity (Wildman–Crippen MR) is 69.4 cm³/mol. The summed E-state index contributed by atoms with van der Waals surface area (Å²) in [6.45, 7) is 0. The Labute approximate surface area is 109 Å². The van der Waals surface area contributed by atoms with Crippen molar-refractivity contribution in [2.75, 3.05) is 12.8 Å². The zero-order valence-corrected chi connectivity index (χ0v) is 10.9. The van der Waals surface area contributed by atoms with Gasteiger partial charge in [-0.3, -0.25) is 4.79 Å². The minimum Gasteiger partial charge on any atom is -0.398 e. The molecule has 0 saturated heterocycles. The number of nitrogens with one attached hydrogen (secondary N) is 1. The number of rotatable bonds is 3. The van der Waals surface area contributed by atoms with E-state index in [0.717, 1.165) is 10.1 Å². The predicted octanol–water partition coefficient (Wildman–Crippen LogP) is 0.908. The Bertz CT molecular complexity index is 581. The first-order valence-corrected chi connectivity index (χ1v) is 6.07. The van der Waals surface area contributed by atoms with Crippen molar-refractivity contribution in [2.24, 2.45) is 7.05 Å². The first kappa shape index (κ1) is 12.4. The van der Waals surface area contributed by atoms with Crippen LogP contribution in [0.15, 0.2) is 34.6 Å². The lowest BCUT2D eigenvalue weighted by atomic mass is 10.2. The summed E-state index contributed by atoms with van der Waals surface area (Å²) in [5.74, 6) is -0.144. The van der Waals surface area contributed by atoms with Gasteiger partial charge < -0.3 is 15.6 Å². The molecule has 0 aliphatic heterocycles. The molecule has 18 heavy (non-hydrogen) atoms. The molecule has 2 rings (SSSR count). The van der Waals surface area contributed by atoms with E-state index in [2.05, 4.69) is 15.5 Å². The van der Waals surface area contributed by atoms with Crippen molar-refractivity contribution in [3.63, 3.8) is 0 Å². The number of anilines is 1. The average molecular weight is 263 g/mol. The number of carbonyl (C=O) groups excluding carboxylic acids is 1. The lowest BCUT2D eigenvalue weighted by Crippen LogP contribution is -2.17. The molecule has 2 aromatic rings. The number of carbonyl (C=O) groups is 1. The van der Waals surface area contributed by atoms with E-state index in [9.17, 15) is 4.79 Å². The zero-order chi connectivity index (χ0) is 13.1. The van der Waals surface area contributed by atoms with E-state index in [0.29, 0.717) is 11.3 Å². The fourth-order valence-corrected chi connectivity index (χ4v) is 2.22. The summed E-state index contributed by atoms with van der Waals surface area (Å²) in [5.41, 5.74) is 7.06. The quantitative estimate of drug-likeness (QED) is 0.804. The van der Waals surface area contributed by atoms with Crippen LogP contribution in [0, 0.1) is 0 Å². The highest BCUT2D eigenvalue weighted by atomic mass is 32.2. The SMILES string of the molecule is CNC(=O)c1ccc(N)c(Sc2nncn2C)c1. The third-order valence-electron chi connectivity index (χ3n) is 2.37. The molecule has 3 N–H and O–H groups in total. The number of benzene rings is 1. The largest absolute Gasteiger partial charge is 0.398 e.